The first-order chi connectivity index (χ1) is 9.66. The Morgan fingerprint density at radius 3 is 2.55 bits per heavy atom. The van der Waals surface area contributed by atoms with Gasteiger partial charge >= 0.3 is 11.8 Å². The number of rotatable bonds is 4. The number of hydrogen-bond donors (Lipinski definition) is 2. The Hall–Kier alpha value is -2.83. The van der Waals surface area contributed by atoms with E-state index in [2.05, 4.69) is 15.8 Å². The fourth-order valence-corrected chi connectivity index (χ4v) is 1.39. The van der Waals surface area contributed by atoms with E-state index in [1.165, 1.54) is 12.5 Å². The number of nitrogens with one attached hydrogen (secondary N) is 2. The quantitative estimate of drug-likeness (QED) is 0.494. The van der Waals surface area contributed by atoms with Crippen LogP contribution in [0.1, 0.15) is 18.4 Å². The topological polar surface area (TPSA) is 96.8 Å². The highest BCUT2D eigenvalue weighted by atomic mass is 16.3. The summed E-state index contributed by atoms with van der Waals surface area (Å²) in [6.45, 7) is 1.79. The number of furan rings is 2. The summed E-state index contributed by atoms with van der Waals surface area (Å²) in [7, 11) is 0. The lowest BCUT2D eigenvalue weighted by Crippen LogP contribution is -2.37. The maximum Gasteiger partial charge on any atom is 0.329 e. The molecule has 2 heterocycles. The number of carbonyl (C=O) groups is 2. The van der Waals surface area contributed by atoms with E-state index in [1.54, 1.807) is 31.2 Å². The number of nitrogens with zero attached hydrogens (tertiary/aromatic N) is 1. The van der Waals surface area contributed by atoms with Crippen molar-refractivity contribution in [2.24, 2.45) is 5.10 Å². The summed E-state index contributed by atoms with van der Waals surface area (Å²) in [4.78, 5) is 23.0. The molecule has 0 unspecified atom stereocenters. The summed E-state index contributed by atoms with van der Waals surface area (Å²) in [5.74, 6) is -0.581. The Bertz CT molecular complexity index is 600. The molecule has 2 N–H and O–H groups in total. The van der Waals surface area contributed by atoms with Crippen LogP contribution in [0, 0.1) is 0 Å². The van der Waals surface area contributed by atoms with Crippen LogP contribution in [0.15, 0.2) is 50.7 Å². The monoisotopic (exact) mass is 275 g/mol. The molecular formula is C13H13N3O4. The van der Waals surface area contributed by atoms with Crippen LogP contribution in [-0.4, -0.2) is 17.5 Å². The Morgan fingerprint density at radius 2 is 1.90 bits per heavy atom. The van der Waals surface area contributed by atoms with E-state index in [-0.39, 0.29) is 6.54 Å². The van der Waals surface area contributed by atoms with Crippen LogP contribution in [0.25, 0.3) is 0 Å². The SMILES string of the molecule is C/C(=N/NC(=O)C(=O)NCc1ccco1)c1ccco1. The van der Waals surface area contributed by atoms with Gasteiger partial charge in [-0.25, -0.2) is 5.43 Å². The van der Waals surface area contributed by atoms with E-state index < -0.39 is 11.8 Å². The molecule has 0 aliphatic heterocycles. The zero-order valence-electron chi connectivity index (χ0n) is 10.8. The molecule has 2 rings (SSSR count). The van der Waals surface area contributed by atoms with Gasteiger partial charge in [-0.2, -0.15) is 5.10 Å². The number of hydrogen-bond acceptors (Lipinski definition) is 5. The molecule has 0 atom stereocenters. The van der Waals surface area contributed by atoms with Gasteiger partial charge in [-0.15, -0.1) is 0 Å². The number of carbonyl (C=O) groups excluding carboxylic acids is 2. The third kappa shape index (κ3) is 3.58. The highest BCUT2D eigenvalue weighted by Crippen LogP contribution is 2.01. The van der Waals surface area contributed by atoms with Gasteiger partial charge in [0.15, 0.2) is 0 Å². The second-order valence-corrected chi connectivity index (χ2v) is 3.88. The van der Waals surface area contributed by atoms with Crippen LogP contribution in [-0.2, 0) is 16.1 Å². The zero-order valence-corrected chi connectivity index (χ0v) is 10.8. The lowest BCUT2D eigenvalue weighted by Gasteiger charge is -2.02. The number of hydrazone groups is 1. The van der Waals surface area contributed by atoms with Crippen molar-refractivity contribution in [3.05, 3.63) is 48.3 Å². The van der Waals surface area contributed by atoms with Gasteiger partial charge in [0.1, 0.15) is 17.2 Å². The van der Waals surface area contributed by atoms with E-state index in [0.717, 1.165) is 0 Å². The van der Waals surface area contributed by atoms with Crippen LogP contribution in [0.5, 0.6) is 0 Å². The van der Waals surface area contributed by atoms with E-state index in [9.17, 15) is 9.59 Å². The van der Waals surface area contributed by atoms with Crippen molar-refractivity contribution in [2.75, 3.05) is 0 Å². The second kappa shape index (κ2) is 6.37. The summed E-state index contributed by atoms with van der Waals surface area (Å²) < 4.78 is 10.1. The Balaban J connectivity index is 1.82. The predicted molar refractivity (Wildman–Crippen MR) is 69.6 cm³/mol. The van der Waals surface area contributed by atoms with Gasteiger partial charge in [-0.3, -0.25) is 9.59 Å². The third-order valence-corrected chi connectivity index (χ3v) is 2.41. The average molecular weight is 275 g/mol. The first-order valence-electron chi connectivity index (χ1n) is 5.85. The normalized spacial score (nSPS) is 11.2. The van der Waals surface area contributed by atoms with Crippen LogP contribution in [0.2, 0.25) is 0 Å². The van der Waals surface area contributed by atoms with Crippen molar-refractivity contribution in [3.63, 3.8) is 0 Å². The molecule has 0 fully saturated rings. The molecule has 0 aliphatic carbocycles. The number of amides is 2. The first kappa shape index (κ1) is 13.6. The lowest BCUT2D eigenvalue weighted by atomic mass is 10.3. The van der Waals surface area contributed by atoms with Crippen LogP contribution >= 0.6 is 0 Å². The molecule has 0 aliphatic rings. The van der Waals surface area contributed by atoms with E-state index in [0.29, 0.717) is 17.2 Å². The largest absolute Gasteiger partial charge is 0.467 e. The summed E-state index contributed by atoms with van der Waals surface area (Å²) in [6.07, 6.45) is 2.98. The molecule has 104 valence electrons. The van der Waals surface area contributed by atoms with Crippen LogP contribution < -0.4 is 10.7 Å². The minimum absolute atomic E-state index is 0.139. The fraction of sp³-hybridized carbons (Fsp3) is 0.154. The molecule has 0 bridgehead atoms. The van der Waals surface area contributed by atoms with Crippen LogP contribution in [0.4, 0.5) is 0 Å². The molecule has 0 radical (unpaired) electrons. The smallest absolute Gasteiger partial charge is 0.329 e. The highest BCUT2D eigenvalue weighted by Gasteiger charge is 2.13. The van der Waals surface area contributed by atoms with Crippen LogP contribution in [0.3, 0.4) is 0 Å². The summed E-state index contributed by atoms with van der Waals surface area (Å²) >= 11 is 0. The van der Waals surface area contributed by atoms with E-state index in [1.807, 2.05) is 0 Å². The molecule has 0 saturated carbocycles. The second-order valence-electron chi connectivity index (χ2n) is 3.88. The minimum atomic E-state index is -0.859. The van der Waals surface area contributed by atoms with Gasteiger partial charge < -0.3 is 14.2 Å². The molecule has 0 spiro atoms. The van der Waals surface area contributed by atoms with Gasteiger partial charge in [0.25, 0.3) is 0 Å². The molecule has 7 heteroatoms. The van der Waals surface area contributed by atoms with Crippen molar-refractivity contribution in [1.29, 1.82) is 0 Å². The lowest BCUT2D eigenvalue weighted by molar-refractivity contribution is -0.139. The Morgan fingerprint density at radius 1 is 1.15 bits per heavy atom. The van der Waals surface area contributed by atoms with Gasteiger partial charge in [0, 0.05) is 0 Å². The molecule has 0 saturated heterocycles. The van der Waals surface area contributed by atoms with Crippen molar-refractivity contribution in [1.82, 2.24) is 10.7 Å². The minimum Gasteiger partial charge on any atom is -0.467 e. The van der Waals surface area contributed by atoms with Crippen molar-refractivity contribution >= 4 is 17.5 Å². The third-order valence-electron chi connectivity index (χ3n) is 2.41. The molecule has 2 aromatic heterocycles. The average Bonchev–Trinajstić information content (AvgIpc) is 3.13. The van der Waals surface area contributed by atoms with Gasteiger partial charge in [0.05, 0.1) is 19.1 Å². The molecule has 0 aromatic carbocycles. The molecule has 2 amide bonds. The van der Waals surface area contributed by atoms with Crippen molar-refractivity contribution in [3.8, 4) is 0 Å². The Kier molecular flexibility index (Phi) is 4.33. The van der Waals surface area contributed by atoms with Gasteiger partial charge in [0.2, 0.25) is 0 Å². The molecule has 2 aromatic rings. The summed E-state index contributed by atoms with van der Waals surface area (Å²) in [5, 5.41) is 6.18. The highest BCUT2D eigenvalue weighted by molar-refractivity contribution is 6.35. The summed E-state index contributed by atoms with van der Waals surface area (Å²) in [5.41, 5.74) is 2.61. The fourth-order valence-electron chi connectivity index (χ4n) is 1.39. The van der Waals surface area contributed by atoms with E-state index in [4.69, 9.17) is 8.83 Å². The molecule has 7 nitrogen and oxygen atoms in total. The molecular weight excluding hydrogens is 262 g/mol. The van der Waals surface area contributed by atoms with Crippen molar-refractivity contribution < 1.29 is 18.4 Å². The summed E-state index contributed by atoms with van der Waals surface area (Å²) in [6, 6.07) is 6.78. The maximum atomic E-state index is 11.5. The van der Waals surface area contributed by atoms with E-state index >= 15 is 0 Å². The maximum absolute atomic E-state index is 11.5. The molecule has 20 heavy (non-hydrogen) atoms. The first-order valence-corrected chi connectivity index (χ1v) is 5.85. The predicted octanol–water partition coefficient (Wildman–Crippen LogP) is 1.03. The Labute approximate surface area is 114 Å². The van der Waals surface area contributed by atoms with Gasteiger partial charge in [-0.1, -0.05) is 0 Å². The zero-order chi connectivity index (χ0) is 14.4. The standard InChI is InChI=1S/C13H13N3O4/c1-9(11-5-3-7-20-11)15-16-13(18)12(17)14-8-10-4-2-6-19-10/h2-7H,8H2,1H3,(H,14,17)(H,16,18)/b15-9-. The van der Waals surface area contributed by atoms with Gasteiger partial charge in [-0.05, 0) is 31.2 Å². The van der Waals surface area contributed by atoms with Crippen molar-refractivity contribution in [2.45, 2.75) is 13.5 Å².